The van der Waals surface area contributed by atoms with Gasteiger partial charge in [0.2, 0.25) is 0 Å². The first-order valence-corrected chi connectivity index (χ1v) is 15.1. The zero-order valence-electron chi connectivity index (χ0n) is 27.2. The van der Waals surface area contributed by atoms with Crippen molar-refractivity contribution in [1.82, 2.24) is 0 Å². The fourth-order valence-corrected chi connectivity index (χ4v) is 4.60. The minimum absolute atomic E-state index is 0.0180. The Hall–Kier alpha value is -4.66. The van der Waals surface area contributed by atoms with Crippen LogP contribution in [0.15, 0.2) is 72.2 Å². The number of rotatable bonds is 9. The molecule has 0 amide bonds. The molecular formula is C36H42O9. The maximum Gasteiger partial charge on any atom is 0.340 e. The highest BCUT2D eigenvalue weighted by Crippen LogP contribution is 2.54. The van der Waals surface area contributed by atoms with Crippen LogP contribution in [0.4, 0.5) is 0 Å². The highest BCUT2D eigenvalue weighted by molar-refractivity contribution is 5.99. The first kappa shape index (κ1) is 34.8. The summed E-state index contributed by atoms with van der Waals surface area (Å²) in [7, 11) is 0. The second-order valence-corrected chi connectivity index (χ2v) is 11.9. The summed E-state index contributed by atoms with van der Waals surface area (Å²) in [4.78, 5) is 50.0. The van der Waals surface area contributed by atoms with Crippen molar-refractivity contribution in [2.75, 3.05) is 0 Å². The van der Waals surface area contributed by atoms with Gasteiger partial charge in [0.25, 0.3) is 0 Å². The van der Waals surface area contributed by atoms with E-state index in [0.29, 0.717) is 28.9 Å². The first-order chi connectivity index (χ1) is 21.2. The van der Waals surface area contributed by atoms with Gasteiger partial charge in [0.1, 0.15) is 23.0 Å². The molecule has 0 fully saturated rings. The monoisotopic (exact) mass is 618 g/mol. The van der Waals surface area contributed by atoms with Crippen LogP contribution in [0.25, 0.3) is 0 Å². The molecule has 2 aromatic rings. The number of carbonyl (C=O) groups excluding carboxylic acids is 3. The van der Waals surface area contributed by atoms with Crippen molar-refractivity contribution in [2.24, 2.45) is 11.3 Å². The van der Waals surface area contributed by atoms with E-state index < -0.39 is 34.9 Å². The van der Waals surface area contributed by atoms with Gasteiger partial charge < -0.3 is 24.1 Å². The van der Waals surface area contributed by atoms with Crippen molar-refractivity contribution in [1.29, 1.82) is 0 Å². The van der Waals surface area contributed by atoms with Crippen LogP contribution >= 0.6 is 0 Å². The van der Waals surface area contributed by atoms with Gasteiger partial charge in [-0.1, -0.05) is 47.6 Å². The lowest BCUT2D eigenvalue weighted by molar-refractivity contribution is -0.144. The number of carboxylic acid groups (broad SMARTS) is 1. The van der Waals surface area contributed by atoms with Crippen LogP contribution in [0.3, 0.4) is 0 Å². The van der Waals surface area contributed by atoms with Crippen molar-refractivity contribution in [2.45, 2.75) is 80.3 Å². The summed E-state index contributed by atoms with van der Waals surface area (Å²) in [6.07, 6.45) is 4.95. The lowest BCUT2D eigenvalue weighted by atomic mass is 9.77. The number of hydrogen-bond donors (Lipinski definition) is 1. The Kier molecular flexibility index (Phi) is 10.8. The average molecular weight is 619 g/mol. The highest BCUT2D eigenvalue weighted by atomic mass is 16.6. The number of aromatic carboxylic acids is 1. The number of allylic oxidation sites excluding steroid dienone is 2. The zero-order chi connectivity index (χ0) is 33.7. The molecule has 0 saturated carbocycles. The van der Waals surface area contributed by atoms with E-state index in [1.165, 1.54) is 36.8 Å². The quantitative estimate of drug-likeness (QED) is 0.129. The molecule has 45 heavy (non-hydrogen) atoms. The molecular weight excluding hydrogens is 576 g/mol. The van der Waals surface area contributed by atoms with Crippen LogP contribution in [0, 0.1) is 11.3 Å². The first-order valence-electron chi connectivity index (χ1n) is 15.1. The van der Waals surface area contributed by atoms with Crippen LogP contribution in [0.2, 0.25) is 0 Å². The fourth-order valence-electron chi connectivity index (χ4n) is 4.60. The maximum absolute atomic E-state index is 13.2. The van der Waals surface area contributed by atoms with Crippen LogP contribution in [-0.4, -0.2) is 29.0 Å². The number of fused-ring (bicyclic) bond motifs is 4. The van der Waals surface area contributed by atoms with Crippen molar-refractivity contribution in [3.8, 4) is 11.5 Å². The third-order valence-electron chi connectivity index (χ3n) is 7.65. The van der Waals surface area contributed by atoms with Gasteiger partial charge in [0.05, 0.1) is 22.5 Å². The minimum Gasteiger partial charge on any atom is -0.478 e. The molecule has 1 spiro atoms. The third kappa shape index (κ3) is 7.03. The summed E-state index contributed by atoms with van der Waals surface area (Å²) >= 11 is 0. The molecule has 0 saturated heterocycles. The molecule has 0 bridgehead atoms. The van der Waals surface area contributed by atoms with Crippen molar-refractivity contribution >= 4 is 23.9 Å². The van der Waals surface area contributed by atoms with E-state index in [-0.39, 0.29) is 40.7 Å². The maximum atomic E-state index is 13.2. The van der Waals surface area contributed by atoms with E-state index in [0.717, 1.165) is 0 Å². The molecule has 1 unspecified atom stereocenters. The Morgan fingerprint density at radius 3 is 2.31 bits per heavy atom. The smallest absolute Gasteiger partial charge is 0.340 e. The minimum atomic E-state index is -1.51. The predicted octanol–water partition coefficient (Wildman–Crippen LogP) is 7.88. The molecule has 4 rings (SSSR count). The largest absolute Gasteiger partial charge is 0.478 e. The van der Waals surface area contributed by atoms with E-state index in [1.807, 2.05) is 6.92 Å². The number of ether oxygens (including phenoxy) is 4. The summed E-state index contributed by atoms with van der Waals surface area (Å²) in [5, 5.41) is 9.70. The average Bonchev–Trinajstić information content (AvgIpc) is 3.29. The van der Waals surface area contributed by atoms with Gasteiger partial charge in [-0.25, -0.2) is 9.59 Å². The fraction of sp³-hybridized carbons (Fsp3) is 0.389. The molecule has 2 heterocycles. The number of esters is 3. The van der Waals surface area contributed by atoms with Gasteiger partial charge in [-0.3, -0.25) is 9.59 Å². The van der Waals surface area contributed by atoms with E-state index in [2.05, 4.69) is 20.4 Å². The Bertz CT molecular complexity index is 1570. The summed E-state index contributed by atoms with van der Waals surface area (Å²) in [6, 6.07) is 8.97. The van der Waals surface area contributed by atoms with Gasteiger partial charge in [-0.15, -0.1) is 0 Å². The summed E-state index contributed by atoms with van der Waals surface area (Å²) in [6.45, 7) is 18.6. The molecule has 240 valence electrons. The molecule has 2 aromatic carbocycles. The SMILES string of the molecule is C=C/C(=C\CC1=C(C)C2(OC(=O)c3ccc(C(=O)O)cc32)c2ccc(OC(=O)C(C)(C)CC)cc2O1)OC(=O)C(C)C.CCC. The summed E-state index contributed by atoms with van der Waals surface area (Å²) in [5.74, 6) is -1.92. The lowest BCUT2D eigenvalue weighted by Gasteiger charge is -2.37. The normalized spacial score (nSPS) is 17.0. The van der Waals surface area contributed by atoms with Crippen LogP contribution in [-0.2, 0) is 24.7 Å². The number of hydrogen-bond acceptors (Lipinski definition) is 8. The Balaban J connectivity index is 0.00000177. The Morgan fingerprint density at radius 1 is 1.07 bits per heavy atom. The lowest BCUT2D eigenvalue weighted by Crippen LogP contribution is -2.35. The van der Waals surface area contributed by atoms with E-state index >= 15 is 0 Å². The molecule has 1 atom stereocenters. The van der Waals surface area contributed by atoms with Gasteiger partial charge in [-0.05, 0) is 69.7 Å². The van der Waals surface area contributed by atoms with E-state index in [9.17, 15) is 24.3 Å². The molecule has 0 radical (unpaired) electrons. The highest BCUT2D eigenvalue weighted by Gasteiger charge is 2.53. The van der Waals surface area contributed by atoms with Crippen LogP contribution in [0.1, 0.15) is 106 Å². The number of carboxylic acids is 1. The summed E-state index contributed by atoms with van der Waals surface area (Å²) < 4.78 is 23.5. The van der Waals surface area contributed by atoms with Gasteiger partial charge in [-0.2, -0.15) is 0 Å². The Morgan fingerprint density at radius 2 is 1.73 bits per heavy atom. The molecule has 2 aliphatic rings. The summed E-state index contributed by atoms with van der Waals surface area (Å²) in [5.41, 5.74) is -0.739. The van der Waals surface area contributed by atoms with Crippen LogP contribution < -0.4 is 9.47 Å². The third-order valence-corrected chi connectivity index (χ3v) is 7.65. The second-order valence-electron chi connectivity index (χ2n) is 11.9. The van der Waals surface area contributed by atoms with Gasteiger partial charge in [0, 0.05) is 29.2 Å². The van der Waals surface area contributed by atoms with Crippen molar-refractivity contribution in [3.05, 3.63) is 94.5 Å². The van der Waals surface area contributed by atoms with Crippen molar-refractivity contribution < 1.29 is 43.2 Å². The number of carbonyl (C=O) groups is 4. The second kappa shape index (κ2) is 14.0. The van der Waals surface area contributed by atoms with E-state index in [1.54, 1.807) is 52.8 Å². The van der Waals surface area contributed by atoms with Crippen molar-refractivity contribution in [3.63, 3.8) is 0 Å². The molecule has 1 N–H and O–H groups in total. The molecule has 0 aromatic heterocycles. The molecule has 9 nitrogen and oxygen atoms in total. The van der Waals surface area contributed by atoms with E-state index in [4.69, 9.17) is 18.9 Å². The topological polar surface area (TPSA) is 125 Å². The van der Waals surface area contributed by atoms with Crippen LogP contribution in [0.5, 0.6) is 11.5 Å². The van der Waals surface area contributed by atoms with Gasteiger partial charge in [0.15, 0.2) is 5.60 Å². The predicted molar refractivity (Wildman–Crippen MR) is 169 cm³/mol. The standard InChI is InChI=1S/C33H34O9.C3H8/c1-8-21(39-29(36)18(3)4)12-15-26-19(5)33(25-16-20(28(34)35)10-13-23(25)30(37)42-33)24-14-11-22(17-27(24)41-26)40-31(38)32(6,7)9-2;1-3-2/h8,10-14,16-18H,1,9,15H2,2-7H3,(H,34,35);3H2,1-2H3/b21-12+;. The number of benzene rings is 2. The Labute approximate surface area is 264 Å². The molecule has 0 aliphatic carbocycles. The molecule has 2 aliphatic heterocycles. The molecule has 9 heteroatoms. The van der Waals surface area contributed by atoms with Gasteiger partial charge >= 0.3 is 23.9 Å². The zero-order valence-corrected chi connectivity index (χ0v) is 27.2.